The molecule has 0 aromatic carbocycles. The zero-order valence-electron chi connectivity index (χ0n) is 20.7. The molecule has 1 amide bonds. The zero-order valence-corrected chi connectivity index (χ0v) is 20.7. The second-order valence-electron chi connectivity index (χ2n) is 8.62. The minimum absolute atomic E-state index is 0.0643. The van der Waals surface area contributed by atoms with Crippen molar-refractivity contribution in [3.63, 3.8) is 0 Å². The Morgan fingerprint density at radius 1 is 0.909 bits per heavy atom. The summed E-state index contributed by atoms with van der Waals surface area (Å²) in [6.07, 6.45) is 20.2. The van der Waals surface area contributed by atoms with Gasteiger partial charge in [-0.15, -0.1) is 0 Å². The number of amides is 1. The quantitative estimate of drug-likeness (QED) is 0.220. The lowest BCUT2D eigenvalue weighted by Gasteiger charge is -2.10. The summed E-state index contributed by atoms with van der Waals surface area (Å²) < 4.78 is 11.0. The molecule has 0 atom stereocenters. The summed E-state index contributed by atoms with van der Waals surface area (Å²) in [7, 11) is 1.45. The maximum Gasteiger partial charge on any atom is 0.322 e. The first-order valence-electron chi connectivity index (χ1n) is 12.7. The molecule has 7 nitrogen and oxygen atoms in total. The third-order valence-corrected chi connectivity index (χ3v) is 5.66. The molecule has 33 heavy (non-hydrogen) atoms. The number of ether oxygens (including phenoxy) is 2. The van der Waals surface area contributed by atoms with Crippen molar-refractivity contribution in [3.05, 3.63) is 23.5 Å². The number of nitrogens with one attached hydrogen (secondary N) is 1. The molecular weight excluding hydrogens is 420 g/mol. The SMILES string of the molecule is CCCCCCCCCCCCCCCCOCc1cnc(C(=O)NCC(=O)O)c(OC)c1. The van der Waals surface area contributed by atoms with Gasteiger partial charge in [0.2, 0.25) is 0 Å². The Bertz CT molecular complexity index is 666. The Morgan fingerprint density at radius 3 is 1.97 bits per heavy atom. The largest absolute Gasteiger partial charge is 0.494 e. The van der Waals surface area contributed by atoms with E-state index < -0.39 is 18.4 Å². The lowest BCUT2D eigenvalue weighted by molar-refractivity contribution is -0.135. The number of unbranched alkanes of at least 4 members (excludes halogenated alkanes) is 13. The molecule has 1 heterocycles. The lowest BCUT2D eigenvalue weighted by Crippen LogP contribution is -2.30. The molecule has 7 heteroatoms. The highest BCUT2D eigenvalue weighted by Crippen LogP contribution is 2.18. The fourth-order valence-electron chi connectivity index (χ4n) is 3.72. The molecule has 0 aliphatic heterocycles. The normalized spacial score (nSPS) is 10.8. The number of hydrogen-bond acceptors (Lipinski definition) is 5. The molecule has 0 aliphatic carbocycles. The topological polar surface area (TPSA) is 97.8 Å². The summed E-state index contributed by atoms with van der Waals surface area (Å²) >= 11 is 0. The molecule has 0 bridgehead atoms. The number of carbonyl (C=O) groups excluding carboxylic acids is 1. The van der Waals surface area contributed by atoms with E-state index in [0.717, 1.165) is 12.0 Å². The van der Waals surface area contributed by atoms with Crippen LogP contribution in [0, 0.1) is 0 Å². The number of aliphatic carboxylic acids is 1. The van der Waals surface area contributed by atoms with Gasteiger partial charge in [-0.25, -0.2) is 4.98 Å². The molecule has 0 saturated carbocycles. The van der Waals surface area contributed by atoms with Gasteiger partial charge >= 0.3 is 5.97 Å². The highest BCUT2D eigenvalue weighted by molar-refractivity contribution is 5.96. The van der Waals surface area contributed by atoms with Crippen LogP contribution in [0.3, 0.4) is 0 Å². The van der Waals surface area contributed by atoms with Crippen LogP contribution in [0.25, 0.3) is 0 Å². The average Bonchev–Trinajstić information content (AvgIpc) is 2.82. The van der Waals surface area contributed by atoms with Crippen molar-refractivity contribution in [2.45, 2.75) is 103 Å². The van der Waals surface area contributed by atoms with Crippen molar-refractivity contribution >= 4 is 11.9 Å². The van der Waals surface area contributed by atoms with Crippen LogP contribution >= 0.6 is 0 Å². The number of carbonyl (C=O) groups is 2. The van der Waals surface area contributed by atoms with Gasteiger partial charge in [-0.05, 0) is 18.1 Å². The molecule has 0 fully saturated rings. The Balaban J connectivity index is 2.05. The van der Waals surface area contributed by atoms with Crippen LogP contribution in [-0.2, 0) is 16.1 Å². The minimum Gasteiger partial charge on any atom is -0.494 e. The van der Waals surface area contributed by atoms with Crippen LogP contribution in [-0.4, -0.2) is 42.2 Å². The molecule has 0 spiro atoms. The summed E-state index contributed by atoms with van der Waals surface area (Å²) in [6, 6.07) is 1.70. The maximum atomic E-state index is 12.0. The molecule has 2 N–H and O–H groups in total. The van der Waals surface area contributed by atoms with Crippen molar-refractivity contribution in [3.8, 4) is 5.75 Å². The predicted molar refractivity (Wildman–Crippen MR) is 131 cm³/mol. The summed E-state index contributed by atoms with van der Waals surface area (Å²) in [6.45, 7) is 2.90. The van der Waals surface area contributed by atoms with E-state index in [4.69, 9.17) is 14.6 Å². The van der Waals surface area contributed by atoms with E-state index in [1.807, 2.05) is 0 Å². The number of aromatic nitrogens is 1. The Hall–Kier alpha value is -2.15. The Labute approximate surface area is 199 Å². The first-order chi connectivity index (χ1) is 16.1. The van der Waals surface area contributed by atoms with E-state index in [1.54, 1.807) is 12.3 Å². The van der Waals surface area contributed by atoms with E-state index in [1.165, 1.54) is 90.6 Å². The van der Waals surface area contributed by atoms with Crippen molar-refractivity contribution < 1.29 is 24.2 Å². The van der Waals surface area contributed by atoms with Gasteiger partial charge < -0.3 is 19.9 Å². The van der Waals surface area contributed by atoms with Crippen LogP contribution in [0.4, 0.5) is 0 Å². The maximum absolute atomic E-state index is 12.0. The monoisotopic (exact) mass is 464 g/mol. The summed E-state index contributed by atoms with van der Waals surface area (Å²) in [5.74, 6) is -1.39. The highest BCUT2D eigenvalue weighted by atomic mass is 16.5. The van der Waals surface area contributed by atoms with Gasteiger partial charge in [0.25, 0.3) is 5.91 Å². The van der Waals surface area contributed by atoms with Gasteiger partial charge in [-0.2, -0.15) is 0 Å². The fraction of sp³-hybridized carbons (Fsp3) is 0.731. The van der Waals surface area contributed by atoms with E-state index >= 15 is 0 Å². The second-order valence-corrected chi connectivity index (χ2v) is 8.62. The van der Waals surface area contributed by atoms with Crippen LogP contribution in [0.1, 0.15) is 113 Å². The van der Waals surface area contributed by atoms with Gasteiger partial charge in [0.05, 0.1) is 13.7 Å². The van der Waals surface area contributed by atoms with Crippen LogP contribution < -0.4 is 10.1 Å². The van der Waals surface area contributed by atoms with Gasteiger partial charge in [0, 0.05) is 12.8 Å². The highest BCUT2D eigenvalue weighted by Gasteiger charge is 2.15. The smallest absolute Gasteiger partial charge is 0.322 e. The molecule has 1 aromatic rings. The van der Waals surface area contributed by atoms with Crippen molar-refractivity contribution in [2.75, 3.05) is 20.3 Å². The number of nitrogens with zero attached hydrogens (tertiary/aromatic N) is 1. The number of carboxylic acids is 1. The van der Waals surface area contributed by atoms with Gasteiger partial charge in [0.1, 0.15) is 6.54 Å². The van der Waals surface area contributed by atoms with E-state index in [-0.39, 0.29) is 5.69 Å². The van der Waals surface area contributed by atoms with Gasteiger partial charge in [-0.1, -0.05) is 90.4 Å². The van der Waals surface area contributed by atoms with Crippen LogP contribution in [0.5, 0.6) is 5.75 Å². The number of pyridine rings is 1. The number of carboxylic acid groups (broad SMARTS) is 1. The standard InChI is InChI=1S/C26H44N2O5/c1-3-4-5-6-7-8-9-10-11-12-13-14-15-16-17-33-21-22-18-23(32-2)25(27-19-22)26(31)28-20-24(29)30/h18-19H,3-17,20-21H2,1-2H3,(H,28,31)(H,29,30). The summed E-state index contributed by atoms with van der Waals surface area (Å²) in [5, 5.41) is 10.9. The molecule has 1 aromatic heterocycles. The first kappa shape index (κ1) is 28.9. The molecule has 0 unspecified atom stereocenters. The Morgan fingerprint density at radius 2 is 1.45 bits per heavy atom. The Kier molecular flexibility index (Phi) is 16.9. The van der Waals surface area contributed by atoms with E-state index in [0.29, 0.717) is 19.0 Å². The van der Waals surface area contributed by atoms with Gasteiger partial charge in [0.15, 0.2) is 11.4 Å². The molecule has 0 aliphatic rings. The minimum atomic E-state index is -1.11. The first-order valence-corrected chi connectivity index (χ1v) is 12.7. The number of methoxy groups -OCH3 is 1. The second kappa shape index (κ2) is 19.3. The van der Waals surface area contributed by atoms with Crippen LogP contribution in [0.2, 0.25) is 0 Å². The number of rotatable bonds is 21. The molecule has 0 saturated heterocycles. The van der Waals surface area contributed by atoms with Crippen molar-refractivity contribution in [1.82, 2.24) is 10.3 Å². The number of hydrogen-bond donors (Lipinski definition) is 2. The third-order valence-electron chi connectivity index (χ3n) is 5.66. The third kappa shape index (κ3) is 14.6. The van der Waals surface area contributed by atoms with Crippen molar-refractivity contribution in [2.24, 2.45) is 0 Å². The summed E-state index contributed by atoms with van der Waals surface area (Å²) in [4.78, 5) is 26.7. The van der Waals surface area contributed by atoms with Crippen molar-refractivity contribution in [1.29, 1.82) is 0 Å². The molecule has 1 rings (SSSR count). The molecule has 188 valence electrons. The molecular formula is C26H44N2O5. The van der Waals surface area contributed by atoms with Gasteiger partial charge in [-0.3, -0.25) is 9.59 Å². The van der Waals surface area contributed by atoms with Crippen LogP contribution in [0.15, 0.2) is 12.3 Å². The lowest BCUT2D eigenvalue weighted by atomic mass is 10.0. The predicted octanol–water partition coefficient (Wildman–Crippen LogP) is 5.90. The summed E-state index contributed by atoms with van der Waals surface area (Å²) in [5.41, 5.74) is 0.876. The average molecular weight is 465 g/mol. The fourth-order valence-corrected chi connectivity index (χ4v) is 3.72. The van der Waals surface area contributed by atoms with E-state index in [2.05, 4.69) is 17.2 Å². The zero-order chi connectivity index (χ0) is 24.2. The van der Waals surface area contributed by atoms with E-state index in [9.17, 15) is 9.59 Å². The molecule has 0 radical (unpaired) electrons.